The fourth-order valence-electron chi connectivity index (χ4n) is 3.85. The van der Waals surface area contributed by atoms with E-state index in [1.807, 2.05) is 49.1 Å². The summed E-state index contributed by atoms with van der Waals surface area (Å²) in [6.07, 6.45) is 6.10. The molecule has 4 rings (SSSR count). The van der Waals surface area contributed by atoms with Gasteiger partial charge in [-0.25, -0.2) is 14.2 Å². The molecule has 31 heavy (non-hydrogen) atoms. The van der Waals surface area contributed by atoms with Gasteiger partial charge in [-0.05, 0) is 49.9 Å². The third-order valence-corrected chi connectivity index (χ3v) is 5.63. The van der Waals surface area contributed by atoms with Gasteiger partial charge in [0.05, 0.1) is 31.4 Å². The van der Waals surface area contributed by atoms with Crippen LogP contribution in [0.5, 0.6) is 5.75 Å². The summed E-state index contributed by atoms with van der Waals surface area (Å²) < 4.78 is 22.5. The first-order chi connectivity index (χ1) is 14.9. The molecule has 1 unspecified atom stereocenters. The van der Waals surface area contributed by atoms with Crippen molar-refractivity contribution >= 4 is 12.1 Å². The number of rotatable bonds is 5. The fourth-order valence-corrected chi connectivity index (χ4v) is 3.85. The van der Waals surface area contributed by atoms with Gasteiger partial charge in [-0.15, -0.1) is 0 Å². The molecule has 0 spiro atoms. The SMILES string of the molecule is COc1cc(/C=[N+]2\CCN(C)C(Cc3ccc(F)cc3)C2=O)ccc1-n1cnc(C)c1. The molecule has 0 saturated carbocycles. The second kappa shape index (κ2) is 8.81. The first-order valence-corrected chi connectivity index (χ1v) is 10.2. The molecule has 1 aliphatic heterocycles. The van der Waals surface area contributed by atoms with Crippen molar-refractivity contribution in [1.82, 2.24) is 14.5 Å². The van der Waals surface area contributed by atoms with Crippen molar-refractivity contribution < 1.29 is 18.5 Å². The maximum absolute atomic E-state index is 13.2. The number of ether oxygens (including phenoxy) is 1. The number of nitrogens with zero attached hydrogens (tertiary/aromatic N) is 4. The second-order valence-corrected chi connectivity index (χ2v) is 7.84. The molecule has 2 aromatic carbocycles. The maximum Gasteiger partial charge on any atom is 0.404 e. The quantitative estimate of drug-likeness (QED) is 0.595. The Balaban J connectivity index is 1.58. The number of hydrogen-bond donors (Lipinski definition) is 0. The summed E-state index contributed by atoms with van der Waals surface area (Å²) in [5.41, 5.74) is 3.64. The Bertz CT molecular complexity index is 1120. The number of piperazine rings is 1. The number of aromatic nitrogens is 2. The van der Waals surface area contributed by atoms with Gasteiger partial charge in [-0.2, -0.15) is 4.58 Å². The standard InChI is InChI=1S/C24H26FN4O2/c1-17-14-29(16-26-17)21-9-6-19(13-23(21)31-3)15-28-11-10-27(2)22(24(28)30)12-18-4-7-20(25)8-5-18/h4-9,13-16,22H,10-12H2,1-3H3/q+1. The predicted molar refractivity (Wildman–Crippen MR) is 117 cm³/mol. The summed E-state index contributed by atoms with van der Waals surface area (Å²) in [7, 11) is 3.58. The van der Waals surface area contributed by atoms with Gasteiger partial charge in [0.15, 0.2) is 12.8 Å². The van der Waals surface area contributed by atoms with Crippen LogP contribution in [0, 0.1) is 12.7 Å². The smallest absolute Gasteiger partial charge is 0.404 e. The van der Waals surface area contributed by atoms with E-state index in [9.17, 15) is 9.18 Å². The van der Waals surface area contributed by atoms with Crippen molar-refractivity contribution in [3.8, 4) is 11.4 Å². The van der Waals surface area contributed by atoms with E-state index in [-0.39, 0.29) is 17.8 Å². The van der Waals surface area contributed by atoms with Crippen LogP contribution < -0.4 is 4.74 Å². The average molecular weight is 421 g/mol. The van der Waals surface area contributed by atoms with Crippen molar-refractivity contribution in [2.45, 2.75) is 19.4 Å². The number of hydrogen-bond acceptors (Lipinski definition) is 4. The van der Waals surface area contributed by atoms with E-state index in [0.717, 1.165) is 29.1 Å². The van der Waals surface area contributed by atoms with Gasteiger partial charge >= 0.3 is 5.91 Å². The van der Waals surface area contributed by atoms with Crippen molar-refractivity contribution in [2.75, 3.05) is 27.2 Å². The fraction of sp³-hybridized carbons (Fsp3) is 0.292. The molecular weight excluding hydrogens is 395 g/mol. The molecule has 0 aliphatic carbocycles. The molecule has 0 bridgehead atoms. The molecule has 160 valence electrons. The van der Waals surface area contributed by atoms with Crippen molar-refractivity contribution in [3.63, 3.8) is 0 Å². The number of carbonyl (C=O) groups is 1. The van der Waals surface area contributed by atoms with Crippen LogP contribution in [0.3, 0.4) is 0 Å². The molecule has 0 radical (unpaired) electrons. The summed E-state index contributed by atoms with van der Waals surface area (Å²) in [5, 5.41) is 0. The van der Waals surface area contributed by atoms with Crippen LogP contribution in [-0.4, -0.2) is 64.4 Å². The normalized spacial score (nSPS) is 18.5. The highest BCUT2D eigenvalue weighted by atomic mass is 19.1. The van der Waals surface area contributed by atoms with Crippen LogP contribution in [0.1, 0.15) is 16.8 Å². The summed E-state index contributed by atoms with van der Waals surface area (Å²) in [4.78, 5) is 19.5. The summed E-state index contributed by atoms with van der Waals surface area (Å²) in [6.45, 7) is 3.31. The molecule has 6 nitrogen and oxygen atoms in total. The van der Waals surface area contributed by atoms with Crippen LogP contribution >= 0.6 is 0 Å². The molecule has 1 aromatic heterocycles. The number of halogens is 1. The minimum Gasteiger partial charge on any atom is -0.495 e. The van der Waals surface area contributed by atoms with E-state index >= 15 is 0 Å². The van der Waals surface area contributed by atoms with Crippen LogP contribution in [0.2, 0.25) is 0 Å². The van der Waals surface area contributed by atoms with Crippen molar-refractivity contribution in [3.05, 3.63) is 77.6 Å². The van der Waals surface area contributed by atoms with E-state index in [1.54, 1.807) is 30.1 Å². The number of amides is 1. The van der Waals surface area contributed by atoms with Crippen LogP contribution in [-0.2, 0) is 11.2 Å². The highest BCUT2D eigenvalue weighted by molar-refractivity contribution is 5.85. The Morgan fingerprint density at radius 2 is 2.03 bits per heavy atom. The number of benzene rings is 2. The summed E-state index contributed by atoms with van der Waals surface area (Å²) >= 11 is 0. The number of likely N-dealkylation sites (N-methyl/N-ethyl adjacent to an activating group) is 1. The Morgan fingerprint density at radius 3 is 2.71 bits per heavy atom. The number of methoxy groups -OCH3 is 1. The molecule has 1 saturated heterocycles. The lowest BCUT2D eigenvalue weighted by molar-refractivity contribution is -0.459. The Hall–Kier alpha value is -3.32. The van der Waals surface area contributed by atoms with Crippen LogP contribution in [0.15, 0.2) is 55.0 Å². The lowest BCUT2D eigenvalue weighted by Crippen LogP contribution is -2.53. The molecular formula is C24H26FN4O2+. The van der Waals surface area contributed by atoms with Crippen molar-refractivity contribution in [1.29, 1.82) is 0 Å². The van der Waals surface area contributed by atoms with E-state index < -0.39 is 0 Å². The molecule has 1 aliphatic rings. The topological polar surface area (TPSA) is 50.4 Å². The monoisotopic (exact) mass is 421 g/mol. The zero-order valence-electron chi connectivity index (χ0n) is 18.0. The lowest BCUT2D eigenvalue weighted by atomic mass is 10.0. The predicted octanol–water partition coefficient (Wildman–Crippen LogP) is 2.84. The van der Waals surface area contributed by atoms with Crippen LogP contribution in [0.4, 0.5) is 4.39 Å². The summed E-state index contributed by atoms with van der Waals surface area (Å²) in [6, 6.07) is 11.9. The molecule has 1 amide bonds. The average Bonchev–Trinajstić information content (AvgIpc) is 3.20. The zero-order valence-corrected chi connectivity index (χ0v) is 18.0. The molecule has 2 heterocycles. The van der Waals surface area contributed by atoms with E-state index in [4.69, 9.17) is 4.74 Å². The van der Waals surface area contributed by atoms with Gasteiger partial charge in [-0.3, -0.25) is 4.90 Å². The summed E-state index contributed by atoms with van der Waals surface area (Å²) in [5.74, 6) is 0.465. The van der Waals surface area contributed by atoms with E-state index in [1.165, 1.54) is 12.1 Å². The molecule has 7 heteroatoms. The van der Waals surface area contributed by atoms with Gasteiger partial charge in [0.1, 0.15) is 17.6 Å². The Labute approximate surface area is 181 Å². The van der Waals surface area contributed by atoms with Gasteiger partial charge in [-0.1, -0.05) is 12.1 Å². The number of aryl methyl sites for hydroxylation is 1. The third kappa shape index (κ3) is 4.56. The minimum atomic E-state index is -0.287. The second-order valence-electron chi connectivity index (χ2n) is 7.84. The van der Waals surface area contributed by atoms with Gasteiger partial charge in [0.25, 0.3) is 0 Å². The van der Waals surface area contributed by atoms with Crippen LogP contribution in [0.25, 0.3) is 5.69 Å². The van der Waals surface area contributed by atoms with Gasteiger partial charge in [0, 0.05) is 18.2 Å². The Kier molecular flexibility index (Phi) is 5.95. The first kappa shape index (κ1) is 20.9. The molecule has 3 aromatic rings. The van der Waals surface area contributed by atoms with Gasteiger partial charge in [0.2, 0.25) is 0 Å². The largest absolute Gasteiger partial charge is 0.495 e. The van der Waals surface area contributed by atoms with Gasteiger partial charge < -0.3 is 9.30 Å². The molecule has 0 N–H and O–H groups in total. The first-order valence-electron chi connectivity index (χ1n) is 10.2. The number of carbonyl (C=O) groups excluding carboxylic acids is 1. The lowest BCUT2D eigenvalue weighted by Gasteiger charge is -2.28. The maximum atomic E-state index is 13.2. The van der Waals surface area contributed by atoms with Crippen molar-refractivity contribution in [2.24, 2.45) is 0 Å². The zero-order chi connectivity index (χ0) is 22.0. The van der Waals surface area contributed by atoms with E-state index in [2.05, 4.69) is 9.88 Å². The highest BCUT2D eigenvalue weighted by Gasteiger charge is 2.37. The molecule has 1 atom stereocenters. The van der Waals surface area contributed by atoms with E-state index in [0.29, 0.717) is 18.7 Å². The number of imidazole rings is 1. The Morgan fingerprint density at radius 1 is 1.26 bits per heavy atom. The highest BCUT2D eigenvalue weighted by Crippen LogP contribution is 2.24. The third-order valence-electron chi connectivity index (χ3n) is 5.63. The molecule has 1 fully saturated rings. The minimum absolute atomic E-state index is 0.0337.